The van der Waals surface area contributed by atoms with Gasteiger partial charge in [-0.05, 0) is 111 Å². The normalized spacial score (nSPS) is 10.9. The molecule has 16 nitrogen and oxygen atoms in total. The lowest BCUT2D eigenvalue weighted by atomic mass is 10.1. The summed E-state index contributed by atoms with van der Waals surface area (Å²) in [6.07, 6.45) is 6.08. The number of ether oxygens (including phenoxy) is 1. The van der Waals surface area contributed by atoms with Crippen LogP contribution in [0.15, 0.2) is 103 Å². The number of carboxylic acid groups (broad SMARTS) is 1. The van der Waals surface area contributed by atoms with E-state index in [1.54, 1.807) is 13.8 Å². The fourth-order valence-corrected chi connectivity index (χ4v) is 5.31. The van der Waals surface area contributed by atoms with Crippen molar-refractivity contribution in [2.45, 2.75) is 32.4 Å². The Morgan fingerprint density at radius 3 is 1.80 bits per heavy atom. The van der Waals surface area contributed by atoms with E-state index in [0.717, 1.165) is 0 Å². The summed E-state index contributed by atoms with van der Waals surface area (Å²) in [5, 5.41) is 42.2. The fourth-order valence-electron chi connectivity index (χ4n) is 5.31. The van der Waals surface area contributed by atoms with Crippen LogP contribution in [-0.2, 0) is 4.79 Å². The number of terminal acetylenes is 1. The largest absolute Gasteiger partial charge is 0.504 e. The van der Waals surface area contributed by atoms with Gasteiger partial charge in [0.25, 0.3) is 23.6 Å². The Balaban J connectivity index is 1.20. The fraction of sp³-hybridized carbons (Fsp3) is 0.116. The summed E-state index contributed by atoms with van der Waals surface area (Å²) in [4.78, 5) is 80.5. The number of hydrogen-bond acceptors (Lipinski definition) is 10. The van der Waals surface area contributed by atoms with E-state index in [0.29, 0.717) is 16.8 Å². The highest BCUT2D eigenvalue weighted by Gasteiger charge is 2.25. The molecule has 16 heteroatoms. The second-order valence-electron chi connectivity index (χ2n) is 12.9. The van der Waals surface area contributed by atoms with E-state index in [9.17, 15) is 33.9 Å². The minimum atomic E-state index is -1.14. The number of phenolic OH excluding ortho intramolecular Hbond substituents is 1. The van der Waals surface area contributed by atoms with Gasteiger partial charge < -0.3 is 41.5 Å². The minimum Gasteiger partial charge on any atom is -0.504 e. The average Bonchev–Trinajstić information content (AvgIpc) is 3.22. The molecule has 0 fully saturated rings. The summed E-state index contributed by atoms with van der Waals surface area (Å²) in [5.41, 5.74) is 1.52. The number of phenols is 1. The first kappa shape index (κ1) is 41.7. The summed E-state index contributed by atoms with van der Waals surface area (Å²) in [5.74, 6) is -2.72. The third-order valence-electron chi connectivity index (χ3n) is 8.26. The predicted molar refractivity (Wildman–Crippen MR) is 216 cm³/mol. The van der Waals surface area contributed by atoms with Crippen molar-refractivity contribution in [1.82, 2.24) is 10.3 Å². The number of nitrogens with one attached hydrogen (secondary N) is 5. The quantitative estimate of drug-likeness (QED) is 0.0676. The number of nitriles is 1. The molecule has 296 valence electrons. The van der Waals surface area contributed by atoms with Gasteiger partial charge in [-0.25, -0.2) is 9.78 Å². The molecule has 0 saturated carbocycles. The summed E-state index contributed by atoms with van der Waals surface area (Å²) >= 11 is 0. The highest BCUT2D eigenvalue weighted by molar-refractivity contribution is 6.11. The minimum absolute atomic E-state index is 0.0194. The van der Waals surface area contributed by atoms with Crippen LogP contribution in [0.2, 0.25) is 0 Å². The van der Waals surface area contributed by atoms with E-state index in [1.165, 1.54) is 103 Å². The molecule has 1 aromatic heterocycles. The number of carbonyl (C=O) groups excluding carboxylic acids is 5. The zero-order valence-electron chi connectivity index (χ0n) is 31.4. The molecule has 1 atom stereocenters. The Morgan fingerprint density at radius 1 is 0.695 bits per heavy atom. The lowest BCUT2D eigenvalue weighted by Crippen LogP contribution is -2.43. The standard InChI is InChI=1S/C43H35N7O9/c1-4-5-34(49-39(53)27-10-14-29(15-11-27)46-38(52)26-8-6-25(22-44)7-9-26)42(56)48-31-18-21-35(45-23-31)50-41(55)33-20-19-32(36(51)37(33)59-24(2)3)40(54)47-30-16-12-28(13-17-30)43(57)58/h1,6-21,23-24,34,51H,5H2,2-3H3,(H,46,52)(H,47,54)(H,48,56)(H,49,53)(H,57,58)(H,45,50,55)/t34-/m0/s1. The van der Waals surface area contributed by atoms with Gasteiger partial charge in [0.05, 0.1) is 46.3 Å². The first-order valence-electron chi connectivity index (χ1n) is 17.7. The van der Waals surface area contributed by atoms with Gasteiger partial charge in [-0.3, -0.25) is 24.0 Å². The van der Waals surface area contributed by atoms with Crippen LogP contribution < -0.4 is 31.3 Å². The molecule has 5 amide bonds. The number of aromatic hydroxyl groups is 1. The van der Waals surface area contributed by atoms with Crippen LogP contribution in [0, 0.1) is 23.7 Å². The molecule has 0 radical (unpaired) electrons. The van der Waals surface area contributed by atoms with Gasteiger partial charge in [-0.2, -0.15) is 5.26 Å². The van der Waals surface area contributed by atoms with E-state index < -0.39 is 53.4 Å². The number of rotatable bonds is 14. The summed E-state index contributed by atoms with van der Waals surface area (Å²) < 4.78 is 5.73. The van der Waals surface area contributed by atoms with Crippen molar-refractivity contribution >= 4 is 58.4 Å². The number of carbonyl (C=O) groups is 6. The van der Waals surface area contributed by atoms with Crippen molar-refractivity contribution in [3.63, 3.8) is 0 Å². The maximum atomic E-state index is 13.4. The van der Waals surface area contributed by atoms with Crippen molar-refractivity contribution in [2.75, 3.05) is 21.3 Å². The molecule has 0 aliphatic rings. The number of anilines is 4. The van der Waals surface area contributed by atoms with Gasteiger partial charge in [-0.15, -0.1) is 12.3 Å². The molecule has 0 unspecified atom stereocenters. The number of carboxylic acids is 1. The number of nitrogens with zero attached hydrogens (tertiary/aromatic N) is 2. The SMILES string of the molecule is C#CC[C@H](NC(=O)c1ccc(NC(=O)c2ccc(C#N)cc2)cc1)C(=O)Nc1ccc(NC(=O)c2ccc(C(=O)Nc3ccc(C(=O)O)cc3)c(O)c2OC(C)C)nc1. The molecule has 0 aliphatic carbocycles. The van der Waals surface area contributed by atoms with Gasteiger partial charge in [0.15, 0.2) is 11.5 Å². The number of aromatic carboxylic acids is 1. The highest BCUT2D eigenvalue weighted by Crippen LogP contribution is 2.36. The molecular weight excluding hydrogens is 759 g/mol. The second kappa shape index (κ2) is 18.9. The molecule has 0 bridgehead atoms. The molecule has 5 aromatic rings. The van der Waals surface area contributed by atoms with E-state index in [1.807, 2.05) is 6.07 Å². The highest BCUT2D eigenvalue weighted by atomic mass is 16.5. The van der Waals surface area contributed by atoms with Crippen molar-refractivity contribution in [3.8, 4) is 29.9 Å². The molecule has 59 heavy (non-hydrogen) atoms. The topological polar surface area (TPSA) is 249 Å². The van der Waals surface area contributed by atoms with E-state index >= 15 is 0 Å². The number of hydrogen-bond donors (Lipinski definition) is 7. The monoisotopic (exact) mass is 793 g/mol. The Hall–Kier alpha value is -8.50. The Morgan fingerprint density at radius 2 is 1.24 bits per heavy atom. The summed E-state index contributed by atoms with van der Waals surface area (Å²) in [6.45, 7) is 3.32. The van der Waals surface area contributed by atoms with E-state index in [4.69, 9.17) is 21.5 Å². The van der Waals surface area contributed by atoms with Crippen LogP contribution in [0.25, 0.3) is 0 Å². The van der Waals surface area contributed by atoms with Gasteiger partial charge >= 0.3 is 5.97 Å². The molecule has 0 aliphatic heterocycles. The summed E-state index contributed by atoms with van der Waals surface area (Å²) in [6, 6.07) is 23.6. The van der Waals surface area contributed by atoms with Crippen LogP contribution in [0.5, 0.6) is 11.5 Å². The third kappa shape index (κ3) is 10.8. The first-order valence-corrected chi connectivity index (χ1v) is 17.7. The van der Waals surface area contributed by atoms with Gasteiger partial charge in [0.1, 0.15) is 11.9 Å². The smallest absolute Gasteiger partial charge is 0.335 e. The molecule has 4 aromatic carbocycles. The van der Waals surface area contributed by atoms with Crippen molar-refractivity contribution in [3.05, 3.63) is 137 Å². The maximum Gasteiger partial charge on any atom is 0.335 e. The van der Waals surface area contributed by atoms with E-state index in [2.05, 4.69) is 37.5 Å². The molecular formula is C43H35N7O9. The maximum absolute atomic E-state index is 13.4. The Labute approximate surface area is 337 Å². The van der Waals surface area contributed by atoms with Crippen LogP contribution in [0.4, 0.5) is 22.9 Å². The van der Waals surface area contributed by atoms with Crippen molar-refractivity contribution in [1.29, 1.82) is 5.26 Å². The zero-order chi connectivity index (χ0) is 42.6. The van der Waals surface area contributed by atoms with Crippen molar-refractivity contribution < 1.29 is 43.7 Å². The lowest BCUT2D eigenvalue weighted by Gasteiger charge is -2.18. The molecule has 5 rings (SSSR count). The van der Waals surface area contributed by atoms with Crippen LogP contribution in [-0.4, -0.2) is 62.8 Å². The zero-order valence-corrected chi connectivity index (χ0v) is 31.4. The Kier molecular flexibility index (Phi) is 13.3. The molecule has 0 saturated heterocycles. The second-order valence-corrected chi connectivity index (χ2v) is 12.9. The predicted octanol–water partition coefficient (Wildman–Crippen LogP) is 5.66. The van der Waals surface area contributed by atoms with Gasteiger partial charge in [0, 0.05) is 28.9 Å². The third-order valence-corrected chi connectivity index (χ3v) is 8.26. The molecule has 7 N–H and O–H groups in total. The number of pyridine rings is 1. The van der Waals surface area contributed by atoms with Crippen LogP contribution in [0.3, 0.4) is 0 Å². The number of amides is 5. The average molecular weight is 794 g/mol. The number of aromatic nitrogens is 1. The first-order chi connectivity index (χ1) is 28.3. The van der Waals surface area contributed by atoms with Crippen molar-refractivity contribution in [2.24, 2.45) is 0 Å². The number of benzene rings is 4. The summed E-state index contributed by atoms with van der Waals surface area (Å²) in [7, 11) is 0. The molecule has 1 heterocycles. The van der Waals surface area contributed by atoms with Crippen LogP contribution >= 0.6 is 0 Å². The van der Waals surface area contributed by atoms with E-state index in [-0.39, 0.29) is 51.6 Å². The van der Waals surface area contributed by atoms with Gasteiger partial charge in [-0.1, -0.05) is 0 Å². The van der Waals surface area contributed by atoms with Crippen LogP contribution in [0.1, 0.15) is 77.6 Å². The lowest BCUT2D eigenvalue weighted by molar-refractivity contribution is -0.117. The van der Waals surface area contributed by atoms with Gasteiger partial charge in [0.2, 0.25) is 5.91 Å². The Bertz CT molecular complexity index is 2490. The molecule has 0 spiro atoms.